The molecule has 0 fully saturated rings. The second-order valence-corrected chi connectivity index (χ2v) is 14.9. The van der Waals surface area contributed by atoms with Crippen molar-refractivity contribution in [1.29, 1.82) is 0 Å². The molecule has 0 saturated heterocycles. The molecule has 0 bridgehead atoms. The topological polar surface area (TPSA) is 48.8 Å². The summed E-state index contributed by atoms with van der Waals surface area (Å²) >= 11 is 0. The number of furan rings is 1. The van der Waals surface area contributed by atoms with E-state index in [1.54, 1.807) is 0 Å². The number of aromatic nitrogens is 4. The van der Waals surface area contributed by atoms with Crippen LogP contribution in [0.5, 0.6) is 0 Å². The summed E-state index contributed by atoms with van der Waals surface area (Å²) in [5, 5.41) is 12.8. The molecule has 0 saturated carbocycles. The van der Waals surface area contributed by atoms with E-state index in [1.807, 2.05) is 18.2 Å². The number of nitrogens with zero attached hydrogens (tertiary/aromatic N) is 4. The first kappa shape index (κ1) is 30.6. The summed E-state index contributed by atoms with van der Waals surface area (Å²) in [5.74, 6) is 1.51. The minimum absolute atomic E-state index is 0.664. The van der Waals surface area contributed by atoms with Gasteiger partial charge >= 0.3 is 0 Å². The van der Waals surface area contributed by atoms with Gasteiger partial charge in [0.1, 0.15) is 17.0 Å². The van der Waals surface area contributed by atoms with Crippen molar-refractivity contribution in [2.45, 2.75) is 0 Å². The van der Waals surface area contributed by atoms with E-state index in [0.717, 1.165) is 71.7 Å². The van der Waals surface area contributed by atoms with Crippen LogP contribution in [0.1, 0.15) is 0 Å². The first-order chi connectivity index (χ1) is 28.3. The highest BCUT2D eigenvalue weighted by molar-refractivity contribution is 6.25. The van der Waals surface area contributed by atoms with E-state index in [4.69, 9.17) is 14.4 Å². The second-order valence-electron chi connectivity index (χ2n) is 14.9. The smallest absolute Gasteiger partial charge is 0.162 e. The van der Waals surface area contributed by atoms with Gasteiger partial charge in [-0.15, -0.1) is 0 Å². The highest BCUT2D eigenvalue weighted by Gasteiger charge is 2.24. The Morgan fingerprint density at radius 2 is 1.00 bits per heavy atom. The van der Waals surface area contributed by atoms with Crippen LogP contribution < -0.4 is 0 Å². The summed E-state index contributed by atoms with van der Waals surface area (Å²) in [7, 11) is 0. The van der Waals surface area contributed by atoms with Crippen LogP contribution in [-0.2, 0) is 0 Å². The largest absolute Gasteiger partial charge is 0.456 e. The van der Waals surface area contributed by atoms with E-state index < -0.39 is 0 Å². The third-order valence-electron chi connectivity index (χ3n) is 11.9. The van der Waals surface area contributed by atoms with E-state index in [1.165, 1.54) is 43.4 Å². The molecular formula is C52H30N4O. The van der Waals surface area contributed by atoms with Gasteiger partial charge in [-0.05, 0) is 76.8 Å². The van der Waals surface area contributed by atoms with Gasteiger partial charge in [0.25, 0.3) is 0 Å². The Balaban J connectivity index is 1.18. The molecule has 13 rings (SSSR count). The Kier molecular flexibility index (Phi) is 6.10. The molecule has 13 aromatic rings. The normalized spacial score (nSPS) is 12.2. The Morgan fingerprint density at radius 3 is 1.84 bits per heavy atom. The molecule has 0 N–H and O–H groups in total. The lowest BCUT2D eigenvalue weighted by molar-refractivity contribution is 0.669. The Bertz CT molecular complexity index is 3830. The van der Waals surface area contributed by atoms with Gasteiger partial charge < -0.3 is 8.98 Å². The molecule has 0 unspecified atom stereocenters. The van der Waals surface area contributed by atoms with Crippen molar-refractivity contribution in [1.82, 2.24) is 19.1 Å². The van der Waals surface area contributed by atoms with Gasteiger partial charge in [0, 0.05) is 48.7 Å². The van der Waals surface area contributed by atoms with Gasteiger partial charge in [-0.2, -0.15) is 0 Å². The highest BCUT2D eigenvalue weighted by Crippen LogP contribution is 2.45. The van der Waals surface area contributed by atoms with Crippen LogP contribution in [-0.4, -0.2) is 19.1 Å². The van der Waals surface area contributed by atoms with Crippen LogP contribution >= 0.6 is 0 Å². The van der Waals surface area contributed by atoms with Gasteiger partial charge in [0.05, 0.1) is 33.3 Å². The lowest BCUT2D eigenvalue weighted by atomic mass is 10.0. The summed E-state index contributed by atoms with van der Waals surface area (Å²) < 4.78 is 11.1. The predicted octanol–water partition coefficient (Wildman–Crippen LogP) is 13.7. The lowest BCUT2D eigenvalue weighted by Crippen LogP contribution is -2.03. The van der Waals surface area contributed by atoms with Crippen molar-refractivity contribution in [3.05, 3.63) is 182 Å². The number of benzene rings is 9. The number of rotatable bonds is 3. The van der Waals surface area contributed by atoms with Crippen LogP contribution in [0.2, 0.25) is 0 Å². The van der Waals surface area contributed by atoms with Gasteiger partial charge in [-0.3, -0.25) is 4.57 Å². The molecule has 5 nitrogen and oxygen atoms in total. The van der Waals surface area contributed by atoms with Gasteiger partial charge in [0.15, 0.2) is 5.82 Å². The van der Waals surface area contributed by atoms with E-state index in [-0.39, 0.29) is 0 Å². The molecule has 0 aliphatic rings. The number of hydrogen-bond acceptors (Lipinski definition) is 3. The zero-order valence-electron chi connectivity index (χ0n) is 30.5. The van der Waals surface area contributed by atoms with E-state index >= 15 is 0 Å². The molecule has 57 heavy (non-hydrogen) atoms. The Labute approximate surface area is 325 Å². The quantitative estimate of drug-likeness (QED) is 0.182. The number of hydrogen-bond donors (Lipinski definition) is 0. The van der Waals surface area contributed by atoms with Crippen LogP contribution in [0.3, 0.4) is 0 Å². The molecule has 0 aliphatic carbocycles. The zero-order valence-corrected chi connectivity index (χ0v) is 30.5. The third-order valence-corrected chi connectivity index (χ3v) is 11.9. The highest BCUT2D eigenvalue weighted by atomic mass is 16.3. The minimum Gasteiger partial charge on any atom is -0.456 e. The lowest BCUT2D eigenvalue weighted by Gasteiger charge is -2.16. The van der Waals surface area contributed by atoms with Gasteiger partial charge in [-0.25, -0.2) is 9.97 Å². The van der Waals surface area contributed by atoms with E-state index in [9.17, 15) is 0 Å². The maximum Gasteiger partial charge on any atom is 0.162 e. The monoisotopic (exact) mass is 726 g/mol. The molecule has 4 aromatic heterocycles. The molecule has 5 heteroatoms. The Hall–Kier alpha value is -7.76. The average Bonchev–Trinajstić information content (AvgIpc) is 3.93. The standard InChI is InChI=1S/C52H30N4O/c1-3-15-34-31(13-1)25-27-44-48(34)38-19-6-10-22-42(38)55(44)50-35-16-4-2-14-32(35)30-45-49(50)39-20-7-11-23-43(39)56(45)52-37-18-5-9-21-41(37)53-51(54-52)33-26-28-47-40(29-33)36-17-8-12-24-46(36)57-47/h1-30H. The first-order valence-corrected chi connectivity index (χ1v) is 19.3. The van der Waals surface area contributed by atoms with Crippen molar-refractivity contribution < 1.29 is 4.42 Å². The summed E-state index contributed by atoms with van der Waals surface area (Å²) in [6.45, 7) is 0. The molecule has 0 aliphatic heterocycles. The van der Waals surface area contributed by atoms with Gasteiger partial charge in [0.2, 0.25) is 0 Å². The molecule has 0 radical (unpaired) electrons. The summed E-state index contributed by atoms with van der Waals surface area (Å²) in [6, 6.07) is 64.9. The summed E-state index contributed by atoms with van der Waals surface area (Å²) in [5.41, 5.74) is 9.23. The minimum atomic E-state index is 0.664. The zero-order chi connectivity index (χ0) is 37.2. The molecular weight excluding hydrogens is 697 g/mol. The van der Waals surface area contributed by atoms with E-state index in [0.29, 0.717) is 5.82 Å². The van der Waals surface area contributed by atoms with Crippen LogP contribution in [0, 0.1) is 0 Å². The van der Waals surface area contributed by atoms with Crippen molar-refractivity contribution in [2.24, 2.45) is 0 Å². The van der Waals surface area contributed by atoms with Crippen LogP contribution in [0.25, 0.3) is 121 Å². The van der Waals surface area contributed by atoms with Crippen molar-refractivity contribution >= 4 is 98.0 Å². The van der Waals surface area contributed by atoms with Crippen LogP contribution in [0.15, 0.2) is 186 Å². The number of para-hydroxylation sites is 4. The molecule has 0 spiro atoms. The fourth-order valence-corrected chi connectivity index (χ4v) is 9.43. The van der Waals surface area contributed by atoms with E-state index in [2.05, 4.69) is 173 Å². The summed E-state index contributed by atoms with van der Waals surface area (Å²) in [4.78, 5) is 10.7. The molecule has 4 heterocycles. The number of fused-ring (bicyclic) bond motifs is 13. The van der Waals surface area contributed by atoms with Crippen molar-refractivity contribution in [3.8, 4) is 22.9 Å². The second kappa shape index (κ2) is 11.4. The fraction of sp³-hybridized carbons (Fsp3) is 0. The third kappa shape index (κ3) is 4.23. The van der Waals surface area contributed by atoms with Gasteiger partial charge in [-0.1, -0.05) is 121 Å². The first-order valence-electron chi connectivity index (χ1n) is 19.3. The van der Waals surface area contributed by atoms with Crippen LogP contribution in [0.4, 0.5) is 0 Å². The van der Waals surface area contributed by atoms with Crippen molar-refractivity contribution in [2.75, 3.05) is 0 Å². The average molecular weight is 727 g/mol. The molecule has 264 valence electrons. The fourth-order valence-electron chi connectivity index (χ4n) is 9.43. The summed E-state index contributed by atoms with van der Waals surface area (Å²) in [6.07, 6.45) is 0. The maximum atomic E-state index is 6.20. The van der Waals surface area contributed by atoms with Crippen molar-refractivity contribution in [3.63, 3.8) is 0 Å². The molecule has 0 atom stereocenters. The maximum absolute atomic E-state index is 6.20. The predicted molar refractivity (Wildman–Crippen MR) is 236 cm³/mol. The molecule has 9 aromatic carbocycles. The molecule has 0 amide bonds. The Morgan fingerprint density at radius 1 is 0.368 bits per heavy atom. The SMILES string of the molecule is c1ccc2c(-n3c4ccccc4c4c5ccccc5ccc43)c3c4ccccc4n(-c4nc(-c5ccc6oc7ccccc7c6c5)nc5ccccc45)c3cc2c1.